The molecule has 0 aromatic carbocycles. The molecule has 2 rings (SSSR count). The summed E-state index contributed by atoms with van der Waals surface area (Å²) in [5, 5.41) is 16.1. The van der Waals surface area contributed by atoms with Gasteiger partial charge in [-0.3, -0.25) is 4.79 Å². The monoisotopic (exact) mass is 152 g/mol. The molecule has 2 N–H and O–H groups in total. The van der Waals surface area contributed by atoms with Gasteiger partial charge >= 0.3 is 0 Å². The molecule has 2 aliphatic rings. The Morgan fingerprint density at radius 1 is 1.27 bits per heavy atom. The molecule has 3 heteroatoms. The molecule has 0 amide bonds. The number of hydrogen-bond donors (Lipinski definition) is 2. The van der Waals surface area contributed by atoms with E-state index in [1.807, 2.05) is 6.07 Å². The van der Waals surface area contributed by atoms with E-state index in [1.165, 1.54) is 11.1 Å². The maximum Gasteiger partial charge on any atom is 0.300 e. The van der Waals surface area contributed by atoms with Crippen molar-refractivity contribution in [3.63, 3.8) is 0 Å². The minimum atomic E-state index is -0.833. The molecule has 0 bridgehead atoms. The molecular weight excluding hydrogens is 144 g/mol. The van der Waals surface area contributed by atoms with Gasteiger partial charge < -0.3 is 10.2 Å². The van der Waals surface area contributed by atoms with Crippen molar-refractivity contribution in [2.24, 2.45) is 0 Å². The van der Waals surface area contributed by atoms with Crippen LogP contribution in [-0.2, 0) is 4.79 Å². The number of benzene rings is 1. The summed E-state index contributed by atoms with van der Waals surface area (Å²) in [6.45, 7) is 1.08. The molecule has 0 saturated heterocycles. The zero-order valence-electron chi connectivity index (χ0n) is 6.03. The largest absolute Gasteiger partial charge is 0.508 e. The summed E-state index contributed by atoms with van der Waals surface area (Å²) in [7, 11) is 0. The van der Waals surface area contributed by atoms with Crippen LogP contribution in [0.4, 0.5) is 0 Å². The predicted molar refractivity (Wildman–Crippen MR) is 40.4 cm³/mol. The molecule has 3 nitrogen and oxygen atoms in total. The highest BCUT2D eigenvalue weighted by Gasteiger charge is 2.12. The van der Waals surface area contributed by atoms with E-state index in [0.717, 1.165) is 6.92 Å². The van der Waals surface area contributed by atoms with Gasteiger partial charge in [-0.15, -0.1) is 0 Å². The predicted octanol–water partition coefficient (Wildman–Crippen LogP) is 1.46. The number of aromatic hydroxyl groups is 1. The Morgan fingerprint density at radius 2 is 1.64 bits per heavy atom. The fraction of sp³-hybridized carbons (Fsp3) is 0.125. The van der Waals surface area contributed by atoms with E-state index < -0.39 is 5.97 Å². The van der Waals surface area contributed by atoms with Crippen LogP contribution in [-0.4, -0.2) is 16.2 Å². The van der Waals surface area contributed by atoms with Gasteiger partial charge in [0.2, 0.25) is 0 Å². The maximum absolute atomic E-state index is 9.00. The van der Waals surface area contributed by atoms with Crippen molar-refractivity contribution >= 4 is 5.97 Å². The fourth-order valence-electron chi connectivity index (χ4n) is 0.742. The van der Waals surface area contributed by atoms with E-state index in [-0.39, 0.29) is 0 Å². The molecule has 0 unspecified atom stereocenters. The number of phenols is 1. The van der Waals surface area contributed by atoms with Crippen molar-refractivity contribution in [1.29, 1.82) is 0 Å². The van der Waals surface area contributed by atoms with Crippen LogP contribution in [0.3, 0.4) is 0 Å². The molecule has 58 valence electrons. The average molecular weight is 152 g/mol. The number of carboxylic acids is 1. The van der Waals surface area contributed by atoms with Crippen molar-refractivity contribution in [2.45, 2.75) is 6.92 Å². The van der Waals surface area contributed by atoms with E-state index in [0.29, 0.717) is 5.75 Å². The standard InChI is InChI=1S/C6H4O.C2H4O2/c7-6-2-4-1-5(4)3-6;1-2(3)4/h1-3,7H;1H3,(H,3,4). The van der Waals surface area contributed by atoms with Crippen molar-refractivity contribution in [3.05, 3.63) is 18.2 Å². The summed E-state index contributed by atoms with van der Waals surface area (Å²) in [5.41, 5.74) is 2.38. The topological polar surface area (TPSA) is 57.5 Å². The third-order valence-electron chi connectivity index (χ3n) is 1.17. The van der Waals surface area contributed by atoms with E-state index in [2.05, 4.69) is 0 Å². The van der Waals surface area contributed by atoms with Crippen LogP contribution >= 0.6 is 0 Å². The third kappa shape index (κ3) is 2.29. The molecule has 0 aromatic heterocycles. The molecular formula is C8H8O3. The Labute approximate surface area is 63.9 Å². The van der Waals surface area contributed by atoms with Gasteiger partial charge in [-0.1, -0.05) is 0 Å². The number of carbonyl (C=O) groups is 1. The summed E-state index contributed by atoms with van der Waals surface area (Å²) >= 11 is 0. The quantitative estimate of drug-likeness (QED) is 0.600. The van der Waals surface area contributed by atoms with Gasteiger partial charge in [0.05, 0.1) is 0 Å². The van der Waals surface area contributed by atoms with E-state index in [1.54, 1.807) is 12.1 Å². The highest BCUT2D eigenvalue weighted by atomic mass is 16.4. The summed E-state index contributed by atoms with van der Waals surface area (Å²) in [5.74, 6) is -0.437. The lowest BCUT2D eigenvalue weighted by Crippen LogP contribution is -1.78. The number of aliphatic carboxylic acids is 1. The smallest absolute Gasteiger partial charge is 0.300 e. The van der Waals surface area contributed by atoms with Gasteiger partial charge in [0.25, 0.3) is 5.97 Å². The van der Waals surface area contributed by atoms with Gasteiger partial charge in [0, 0.05) is 6.92 Å². The van der Waals surface area contributed by atoms with Crippen LogP contribution in [0.1, 0.15) is 6.92 Å². The van der Waals surface area contributed by atoms with Gasteiger partial charge in [0.1, 0.15) is 5.75 Å². The van der Waals surface area contributed by atoms with Gasteiger partial charge in [-0.2, -0.15) is 0 Å². The number of phenolic OH excluding ortho intramolecular Hbond substituents is 1. The first kappa shape index (κ1) is 7.60. The van der Waals surface area contributed by atoms with Crippen LogP contribution in [0.15, 0.2) is 18.2 Å². The van der Waals surface area contributed by atoms with Crippen LogP contribution in [0.2, 0.25) is 0 Å². The average Bonchev–Trinajstić information content (AvgIpc) is 2.38. The minimum absolute atomic E-state index is 0.396. The Kier molecular flexibility index (Phi) is 1.81. The second-order valence-electron chi connectivity index (χ2n) is 2.29. The lowest BCUT2D eigenvalue weighted by molar-refractivity contribution is -0.134. The van der Waals surface area contributed by atoms with Gasteiger partial charge in [-0.25, -0.2) is 0 Å². The number of fused-ring (bicyclic) bond motifs is 1. The lowest BCUT2D eigenvalue weighted by atomic mass is 10.5. The van der Waals surface area contributed by atoms with Crippen molar-refractivity contribution < 1.29 is 15.0 Å². The van der Waals surface area contributed by atoms with Crippen molar-refractivity contribution in [3.8, 4) is 16.9 Å². The highest BCUT2D eigenvalue weighted by molar-refractivity contribution is 5.83. The Bertz CT molecular complexity index is 267. The van der Waals surface area contributed by atoms with E-state index >= 15 is 0 Å². The summed E-state index contributed by atoms with van der Waals surface area (Å²) in [6, 6.07) is 5.55. The fourth-order valence-corrected chi connectivity index (χ4v) is 0.742. The molecule has 11 heavy (non-hydrogen) atoms. The van der Waals surface area contributed by atoms with E-state index in [4.69, 9.17) is 15.0 Å². The van der Waals surface area contributed by atoms with Crippen LogP contribution in [0, 0.1) is 0 Å². The van der Waals surface area contributed by atoms with Gasteiger partial charge in [-0.05, 0) is 29.3 Å². The summed E-state index contributed by atoms with van der Waals surface area (Å²) in [6.07, 6.45) is 0. The molecule has 0 atom stereocenters. The molecule has 0 saturated carbocycles. The van der Waals surface area contributed by atoms with Gasteiger partial charge in [0.15, 0.2) is 0 Å². The molecule has 0 aliphatic heterocycles. The Morgan fingerprint density at radius 3 is 1.82 bits per heavy atom. The SMILES string of the molecule is CC(=O)O.Oc1cc2cc-2c1. The minimum Gasteiger partial charge on any atom is -0.508 e. The zero-order valence-corrected chi connectivity index (χ0v) is 6.03. The Hall–Kier alpha value is -1.51. The first-order valence-corrected chi connectivity index (χ1v) is 3.13. The summed E-state index contributed by atoms with van der Waals surface area (Å²) in [4.78, 5) is 9.00. The second-order valence-corrected chi connectivity index (χ2v) is 2.29. The molecule has 2 aliphatic carbocycles. The normalized spacial score (nSPS) is 9.55. The molecule has 0 spiro atoms. The van der Waals surface area contributed by atoms with Crippen molar-refractivity contribution in [1.82, 2.24) is 0 Å². The second kappa shape index (κ2) is 2.62. The molecule has 0 heterocycles. The number of rotatable bonds is 0. The first-order chi connectivity index (χ1) is 5.09. The maximum atomic E-state index is 9.00. The third-order valence-corrected chi connectivity index (χ3v) is 1.17. The molecule has 0 radical (unpaired) electrons. The van der Waals surface area contributed by atoms with Crippen LogP contribution < -0.4 is 0 Å². The number of carboxylic acid groups (broad SMARTS) is 1. The van der Waals surface area contributed by atoms with Crippen LogP contribution in [0.25, 0.3) is 11.1 Å². The van der Waals surface area contributed by atoms with E-state index in [9.17, 15) is 0 Å². The zero-order chi connectivity index (χ0) is 8.43. The van der Waals surface area contributed by atoms with Crippen LogP contribution in [0.5, 0.6) is 5.75 Å². The lowest BCUT2D eigenvalue weighted by Gasteiger charge is -1.71. The van der Waals surface area contributed by atoms with Crippen molar-refractivity contribution in [2.75, 3.05) is 0 Å². The summed E-state index contributed by atoms with van der Waals surface area (Å²) < 4.78 is 0. The molecule has 0 aromatic rings. The molecule has 0 fully saturated rings. The number of hydrogen-bond acceptors (Lipinski definition) is 2. The highest BCUT2D eigenvalue weighted by Crippen LogP contribution is 2.38. The Balaban J connectivity index is 0.000000134. The first-order valence-electron chi connectivity index (χ1n) is 3.13.